The highest BCUT2D eigenvalue weighted by Gasteiger charge is 2.37. The van der Waals surface area contributed by atoms with Crippen LogP contribution in [-0.4, -0.2) is 39.8 Å². The molecule has 4 rings (SSSR count). The molecule has 0 unspecified atom stereocenters. The summed E-state index contributed by atoms with van der Waals surface area (Å²) in [5, 5.41) is 14.3. The Morgan fingerprint density at radius 3 is 2.61 bits per heavy atom. The van der Waals surface area contributed by atoms with Gasteiger partial charge in [-0.05, 0) is 60.4 Å². The van der Waals surface area contributed by atoms with Gasteiger partial charge in [-0.3, -0.25) is 14.9 Å². The van der Waals surface area contributed by atoms with Crippen LogP contribution in [-0.2, 0) is 30.5 Å². The average molecular weight is 504 g/mol. The molecular formula is C25H25F4N5O2. The van der Waals surface area contributed by atoms with Crippen LogP contribution >= 0.6 is 0 Å². The van der Waals surface area contributed by atoms with Crippen LogP contribution < -0.4 is 5.32 Å². The summed E-state index contributed by atoms with van der Waals surface area (Å²) in [6, 6.07) is 8.99. The maximum atomic E-state index is 13.8. The number of benzene rings is 2. The number of amides is 1. The predicted octanol–water partition coefficient (Wildman–Crippen LogP) is 4.73. The first-order chi connectivity index (χ1) is 17.0. The predicted molar refractivity (Wildman–Crippen MR) is 125 cm³/mol. The molecule has 1 saturated heterocycles. The van der Waals surface area contributed by atoms with Crippen LogP contribution in [0.5, 0.6) is 0 Å². The van der Waals surface area contributed by atoms with E-state index < -0.39 is 17.8 Å². The molecule has 0 spiro atoms. The fourth-order valence-electron chi connectivity index (χ4n) is 3.99. The first-order valence-electron chi connectivity index (χ1n) is 11.3. The molecule has 1 aromatic heterocycles. The van der Waals surface area contributed by atoms with E-state index in [4.69, 9.17) is 10.1 Å². The summed E-state index contributed by atoms with van der Waals surface area (Å²) in [5.74, 6) is -0.851. The molecule has 1 amide bonds. The van der Waals surface area contributed by atoms with E-state index in [0.29, 0.717) is 29.8 Å². The molecule has 2 heterocycles. The van der Waals surface area contributed by atoms with Gasteiger partial charge in [0.2, 0.25) is 0 Å². The number of amidine groups is 1. The largest absolute Gasteiger partial charge is 0.463 e. The second-order valence-electron chi connectivity index (χ2n) is 8.50. The molecule has 190 valence electrons. The van der Waals surface area contributed by atoms with Gasteiger partial charge in [0, 0.05) is 37.0 Å². The number of alkyl halides is 3. The maximum Gasteiger partial charge on any atom is 0.435 e. The molecule has 2 N–H and O–H groups in total. The zero-order chi connectivity index (χ0) is 26.0. The van der Waals surface area contributed by atoms with E-state index in [9.17, 15) is 22.4 Å². The van der Waals surface area contributed by atoms with Gasteiger partial charge in [-0.15, -0.1) is 0 Å². The quantitative estimate of drug-likeness (QED) is 0.457. The van der Waals surface area contributed by atoms with Gasteiger partial charge < -0.3 is 15.0 Å². The number of rotatable bonds is 7. The van der Waals surface area contributed by atoms with Crippen LogP contribution in [0.4, 0.5) is 17.6 Å². The van der Waals surface area contributed by atoms with Crippen LogP contribution in [0, 0.1) is 18.2 Å². The number of hydrogen-bond donors (Lipinski definition) is 2. The van der Waals surface area contributed by atoms with Crippen molar-refractivity contribution in [3.05, 3.63) is 76.4 Å². The van der Waals surface area contributed by atoms with Crippen molar-refractivity contribution in [1.29, 1.82) is 5.41 Å². The van der Waals surface area contributed by atoms with Crippen LogP contribution in [0.2, 0.25) is 0 Å². The Kier molecular flexibility index (Phi) is 7.00. The van der Waals surface area contributed by atoms with Crippen molar-refractivity contribution in [2.45, 2.75) is 39.7 Å². The minimum atomic E-state index is -4.68. The molecule has 2 aromatic carbocycles. The highest BCUT2D eigenvalue weighted by molar-refractivity contribution is 5.96. The van der Waals surface area contributed by atoms with Gasteiger partial charge in [0.1, 0.15) is 12.4 Å². The van der Waals surface area contributed by atoms with Gasteiger partial charge in [0.15, 0.2) is 5.69 Å². The summed E-state index contributed by atoms with van der Waals surface area (Å²) >= 11 is 0. The Morgan fingerprint density at radius 1 is 1.19 bits per heavy atom. The lowest BCUT2D eigenvalue weighted by Crippen LogP contribution is -2.25. The monoisotopic (exact) mass is 503 g/mol. The molecule has 1 fully saturated rings. The van der Waals surface area contributed by atoms with Crippen LogP contribution in [0.15, 0.2) is 42.6 Å². The molecule has 7 nitrogen and oxygen atoms in total. The molecule has 1 aliphatic heterocycles. The molecule has 36 heavy (non-hydrogen) atoms. The minimum Gasteiger partial charge on any atom is -0.463 e. The zero-order valence-electron chi connectivity index (χ0n) is 19.7. The van der Waals surface area contributed by atoms with Crippen molar-refractivity contribution in [1.82, 2.24) is 20.0 Å². The Hall–Kier alpha value is -3.89. The summed E-state index contributed by atoms with van der Waals surface area (Å²) in [7, 11) is 0. The van der Waals surface area contributed by atoms with Crippen LogP contribution in [0.3, 0.4) is 0 Å². The van der Waals surface area contributed by atoms with Gasteiger partial charge >= 0.3 is 6.18 Å². The maximum absolute atomic E-state index is 13.8. The number of aryl methyl sites for hydroxylation is 2. The van der Waals surface area contributed by atoms with Crippen molar-refractivity contribution >= 4 is 11.9 Å². The lowest BCUT2D eigenvalue weighted by atomic mass is 9.99. The minimum absolute atomic E-state index is 0.0344. The van der Waals surface area contributed by atoms with E-state index in [1.165, 1.54) is 23.0 Å². The normalized spacial score (nSPS) is 13.7. The number of halogens is 4. The summed E-state index contributed by atoms with van der Waals surface area (Å²) in [4.78, 5) is 14.7. The van der Waals surface area contributed by atoms with Crippen molar-refractivity contribution in [3.8, 4) is 11.1 Å². The number of hydrogen-bond acceptors (Lipinski definition) is 4. The fourth-order valence-corrected chi connectivity index (χ4v) is 3.99. The topological polar surface area (TPSA) is 83.2 Å². The van der Waals surface area contributed by atoms with Crippen molar-refractivity contribution < 1.29 is 27.1 Å². The standard InChI is InChI=1S/C25H25F4N5O2/c1-3-34-14-20(22(32-34)25(27,28)29)18-9-17(13-33-6-7-36-24(33)30)10-19(11-18)23(35)31-12-16-4-5-21(26)15(2)8-16/h4-5,8-11,14,30H,3,6-7,12-13H2,1-2H3,(H,31,35). The summed E-state index contributed by atoms with van der Waals surface area (Å²) in [5.41, 5.74) is 0.843. The Balaban J connectivity index is 1.69. The Labute approximate surface area is 205 Å². The highest BCUT2D eigenvalue weighted by Crippen LogP contribution is 2.37. The molecule has 3 aromatic rings. The third-order valence-corrected chi connectivity index (χ3v) is 5.86. The van der Waals surface area contributed by atoms with Gasteiger partial charge in [-0.1, -0.05) is 12.1 Å². The molecule has 0 radical (unpaired) electrons. The molecule has 0 atom stereocenters. The number of aromatic nitrogens is 2. The molecule has 0 aliphatic carbocycles. The van der Waals surface area contributed by atoms with Gasteiger partial charge in [-0.25, -0.2) is 4.39 Å². The molecule has 0 bridgehead atoms. The third kappa shape index (κ3) is 5.50. The number of ether oxygens (including phenoxy) is 1. The van der Waals surface area contributed by atoms with Crippen molar-refractivity contribution in [2.75, 3.05) is 13.2 Å². The summed E-state index contributed by atoms with van der Waals surface area (Å²) in [6.45, 7) is 4.64. The van der Waals surface area contributed by atoms with E-state index in [2.05, 4.69) is 10.4 Å². The number of nitrogens with zero attached hydrogens (tertiary/aromatic N) is 3. The summed E-state index contributed by atoms with van der Waals surface area (Å²) < 4.78 is 61.2. The van der Waals surface area contributed by atoms with Gasteiger partial charge in [0.05, 0.1) is 6.54 Å². The molecule has 11 heteroatoms. The van der Waals surface area contributed by atoms with E-state index in [-0.39, 0.29) is 48.2 Å². The zero-order valence-corrected chi connectivity index (χ0v) is 19.7. The second kappa shape index (κ2) is 10.00. The van der Waals surface area contributed by atoms with E-state index in [1.807, 2.05) is 0 Å². The third-order valence-electron chi connectivity index (χ3n) is 5.86. The van der Waals surface area contributed by atoms with Crippen molar-refractivity contribution in [2.24, 2.45) is 0 Å². The SMILES string of the molecule is CCn1cc(-c2cc(CN3CCOC3=N)cc(C(=O)NCc3ccc(F)c(C)c3)c2)c(C(F)(F)F)n1. The fraction of sp³-hybridized carbons (Fsp3) is 0.320. The Morgan fingerprint density at radius 2 is 1.97 bits per heavy atom. The number of nitrogens with one attached hydrogen (secondary N) is 2. The lowest BCUT2D eigenvalue weighted by Gasteiger charge is -2.17. The van der Waals surface area contributed by atoms with Gasteiger partial charge in [0.25, 0.3) is 11.9 Å². The van der Waals surface area contributed by atoms with E-state index >= 15 is 0 Å². The highest BCUT2D eigenvalue weighted by atomic mass is 19.4. The first kappa shape index (κ1) is 25.2. The molecule has 1 aliphatic rings. The van der Waals surface area contributed by atoms with E-state index in [1.54, 1.807) is 43.0 Å². The van der Waals surface area contributed by atoms with E-state index in [0.717, 1.165) is 0 Å². The first-order valence-corrected chi connectivity index (χ1v) is 11.3. The van der Waals surface area contributed by atoms with Gasteiger partial charge in [-0.2, -0.15) is 18.3 Å². The average Bonchev–Trinajstić information content (AvgIpc) is 3.46. The van der Waals surface area contributed by atoms with Crippen LogP contribution in [0.25, 0.3) is 11.1 Å². The number of carbonyl (C=O) groups is 1. The number of carbonyl (C=O) groups excluding carboxylic acids is 1. The second-order valence-corrected chi connectivity index (χ2v) is 8.50. The summed E-state index contributed by atoms with van der Waals surface area (Å²) in [6.07, 6.45) is -3.37. The smallest absolute Gasteiger partial charge is 0.435 e. The van der Waals surface area contributed by atoms with Crippen LogP contribution in [0.1, 0.15) is 39.7 Å². The molecule has 0 saturated carbocycles. The van der Waals surface area contributed by atoms with Crippen molar-refractivity contribution in [3.63, 3.8) is 0 Å². The Bertz CT molecular complexity index is 1300. The molecular weight excluding hydrogens is 478 g/mol. The lowest BCUT2D eigenvalue weighted by molar-refractivity contribution is -0.141.